The number of ether oxygens (including phenoxy) is 2. The highest BCUT2D eigenvalue weighted by Crippen LogP contribution is 2.49. The molecule has 202 valence electrons. The van der Waals surface area contributed by atoms with Gasteiger partial charge in [-0.15, -0.1) is 0 Å². The van der Waals surface area contributed by atoms with E-state index >= 15 is 0 Å². The van der Waals surface area contributed by atoms with Crippen LogP contribution in [0.4, 0.5) is 0 Å². The Morgan fingerprint density at radius 2 is 1.88 bits per heavy atom. The van der Waals surface area contributed by atoms with Crippen molar-refractivity contribution in [3.05, 3.63) is 105 Å². The molecule has 1 N–H and O–H groups in total. The predicted octanol–water partition coefficient (Wildman–Crippen LogP) is 6.83. The highest BCUT2D eigenvalue weighted by molar-refractivity contribution is 9.10. The number of carboxylic acid groups (broad SMARTS) is 1. The minimum atomic E-state index is -1.01. The molecule has 5 rings (SSSR count). The average Bonchev–Trinajstić information content (AvgIpc) is 2.95. The molecule has 3 aromatic rings. The van der Waals surface area contributed by atoms with Crippen molar-refractivity contribution in [3.63, 3.8) is 0 Å². The summed E-state index contributed by atoms with van der Waals surface area (Å²) in [5.41, 5.74) is 4.75. The van der Waals surface area contributed by atoms with E-state index in [1.807, 2.05) is 49.4 Å². The van der Waals surface area contributed by atoms with Crippen molar-refractivity contribution >= 4 is 33.4 Å². The Kier molecular flexibility index (Phi) is 7.85. The van der Waals surface area contributed by atoms with Crippen LogP contribution in [0.5, 0.6) is 11.5 Å². The van der Waals surface area contributed by atoms with Crippen LogP contribution in [0.1, 0.15) is 58.6 Å². The third-order valence-electron chi connectivity index (χ3n) is 7.47. The molecule has 0 amide bonds. The van der Waals surface area contributed by atoms with Crippen LogP contribution in [0.2, 0.25) is 0 Å². The largest absolute Gasteiger partial charge is 0.493 e. The molecule has 3 atom stereocenters. The second-order valence-corrected chi connectivity index (χ2v) is 10.8. The first-order chi connectivity index (χ1) is 19.3. The van der Waals surface area contributed by atoms with Crippen LogP contribution in [0.15, 0.2) is 87.5 Å². The number of carboxylic acids is 1. The highest BCUT2D eigenvalue weighted by atomic mass is 79.9. The minimum absolute atomic E-state index is 0.00494. The van der Waals surface area contributed by atoms with Gasteiger partial charge in [0.1, 0.15) is 6.61 Å². The van der Waals surface area contributed by atoms with E-state index in [1.165, 1.54) is 13.2 Å². The van der Waals surface area contributed by atoms with Crippen LogP contribution >= 0.6 is 15.9 Å². The fraction of sp³-hybridized carbons (Fsp3) is 0.250. The van der Waals surface area contributed by atoms with Crippen LogP contribution in [0.25, 0.3) is 0 Å². The van der Waals surface area contributed by atoms with Crippen molar-refractivity contribution in [1.82, 2.24) is 0 Å². The summed E-state index contributed by atoms with van der Waals surface area (Å²) in [7, 11) is 1.53. The number of rotatable bonds is 7. The van der Waals surface area contributed by atoms with E-state index in [0.717, 1.165) is 16.8 Å². The van der Waals surface area contributed by atoms with E-state index in [0.29, 0.717) is 45.7 Å². The molecule has 1 aliphatic heterocycles. The summed E-state index contributed by atoms with van der Waals surface area (Å²) in [5, 5.41) is 19.4. The van der Waals surface area contributed by atoms with E-state index in [-0.39, 0.29) is 23.9 Å². The number of hydrogen-bond acceptors (Lipinski definition) is 6. The SMILES string of the molecule is COc1cc(C2C3=C(CC(c4ccccc4)CC3=O)N=C(C)C2C#N)cc(Br)c1OCc1cccc(C(=O)O)c1. The summed E-state index contributed by atoms with van der Waals surface area (Å²) in [6.45, 7) is 1.97. The minimum Gasteiger partial charge on any atom is -0.493 e. The number of hydrogen-bond donors (Lipinski definition) is 1. The maximum absolute atomic E-state index is 13.7. The molecule has 0 spiro atoms. The molecule has 1 heterocycles. The van der Waals surface area contributed by atoms with Gasteiger partial charge in [-0.3, -0.25) is 9.79 Å². The van der Waals surface area contributed by atoms with Gasteiger partial charge in [0.25, 0.3) is 0 Å². The number of methoxy groups -OCH3 is 1. The van der Waals surface area contributed by atoms with Crippen molar-refractivity contribution in [2.75, 3.05) is 7.11 Å². The Morgan fingerprint density at radius 1 is 1.10 bits per heavy atom. The fourth-order valence-corrected chi connectivity index (χ4v) is 6.13. The third kappa shape index (κ3) is 5.30. The Labute approximate surface area is 240 Å². The van der Waals surface area contributed by atoms with E-state index in [4.69, 9.17) is 14.5 Å². The first kappa shape index (κ1) is 27.4. The number of halogens is 1. The van der Waals surface area contributed by atoms with E-state index < -0.39 is 17.8 Å². The van der Waals surface area contributed by atoms with Gasteiger partial charge in [-0.1, -0.05) is 42.5 Å². The van der Waals surface area contributed by atoms with Crippen LogP contribution in [-0.2, 0) is 11.4 Å². The number of carbonyl (C=O) groups excluding carboxylic acids is 1. The van der Waals surface area contributed by atoms with Crippen molar-refractivity contribution < 1.29 is 24.2 Å². The van der Waals surface area contributed by atoms with Gasteiger partial charge in [0.15, 0.2) is 17.3 Å². The number of Topliss-reactive ketones (excluding diaryl/α,β-unsaturated/α-hetero) is 1. The number of nitriles is 1. The van der Waals surface area contributed by atoms with Gasteiger partial charge in [-0.2, -0.15) is 5.26 Å². The standard InChI is InChI=1S/C32H27BrN2O5/c1-18-24(16-34)29(30-26(35-18)13-22(14-27(30)36)20-8-4-3-5-9-20)23-12-25(33)31(28(15-23)39-2)40-17-19-7-6-10-21(11-19)32(37)38/h3-12,15,22,24,29H,13-14,17H2,1-2H3,(H,37,38). The molecule has 0 saturated carbocycles. The number of benzene rings is 3. The van der Waals surface area contributed by atoms with Crippen molar-refractivity contribution in [3.8, 4) is 17.6 Å². The summed E-state index contributed by atoms with van der Waals surface area (Å²) < 4.78 is 12.3. The quantitative estimate of drug-likeness (QED) is 0.319. The summed E-state index contributed by atoms with van der Waals surface area (Å²) in [4.78, 5) is 29.8. The first-order valence-electron chi connectivity index (χ1n) is 12.9. The van der Waals surface area contributed by atoms with Gasteiger partial charge in [0.05, 0.1) is 29.1 Å². The van der Waals surface area contributed by atoms with E-state index in [1.54, 1.807) is 18.2 Å². The number of carbonyl (C=O) groups is 2. The van der Waals surface area contributed by atoms with Crippen molar-refractivity contribution in [2.24, 2.45) is 10.9 Å². The second kappa shape index (κ2) is 11.5. The zero-order valence-electron chi connectivity index (χ0n) is 22.1. The Hall–Kier alpha value is -4.22. The van der Waals surface area contributed by atoms with Gasteiger partial charge in [-0.05, 0) is 76.1 Å². The summed E-state index contributed by atoms with van der Waals surface area (Å²) in [5.74, 6) is -1.18. The Balaban J connectivity index is 1.50. The molecule has 0 radical (unpaired) electrons. The van der Waals surface area contributed by atoms with Crippen molar-refractivity contribution in [1.29, 1.82) is 5.26 Å². The highest BCUT2D eigenvalue weighted by Gasteiger charge is 2.41. The lowest BCUT2D eigenvalue weighted by atomic mass is 9.69. The monoisotopic (exact) mass is 598 g/mol. The molecule has 8 heteroatoms. The smallest absolute Gasteiger partial charge is 0.335 e. The third-order valence-corrected chi connectivity index (χ3v) is 8.06. The molecular weight excluding hydrogens is 572 g/mol. The molecule has 0 aromatic heterocycles. The van der Waals surface area contributed by atoms with E-state index in [2.05, 4.69) is 22.0 Å². The number of aromatic carboxylic acids is 1. The summed E-state index contributed by atoms with van der Waals surface area (Å²) in [6.07, 6.45) is 0.993. The summed E-state index contributed by atoms with van der Waals surface area (Å²) >= 11 is 3.60. The molecule has 2 aliphatic rings. The van der Waals surface area contributed by atoms with Gasteiger partial charge in [0.2, 0.25) is 0 Å². The van der Waals surface area contributed by atoms with Crippen LogP contribution in [0, 0.1) is 17.2 Å². The number of aliphatic imine (C=N–C) groups is 1. The fourth-order valence-electron chi connectivity index (χ4n) is 5.56. The van der Waals surface area contributed by atoms with Crippen LogP contribution < -0.4 is 9.47 Å². The van der Waals surface area contributed by atoms with E-state index in [9.17, 15) is 20.0 Å². The maximum Gasteiger partial charge on any atom is 0.335 e. The number of nitrogens with zero attached hydrogens (tertiary/aromatic N) is 2. The maximum atomic E-state index is 13.7. The number of allylic oxidation sites excluding steroid dienone is 2. The molecule has 0 saturated heterocycles. The average molecular weight is 599 g/mol. The molecule has 0 fully saturated rings. The Morgan fingerprint density at radius 3 is 2.58 bits per heavy atom. The zero-order chi connectivity index (χ0) is 28.4. The van der Waals surface area contributed by atoms with Gasteiger partial charge in [0, 0.05) is 29.3 Å². The van der Waals surface area contributed by atoms with Gasteiger partial charge in [-0.25, -0.2) is 4.79 Å². The molecule has 3 aromatic carbocycles. The van der Waals surface area contributed by atoms with Crippen LogP contribution in [-0.4, -0.2) is 29.7 Å². The Bertz CT molecular complexity index is 1590. The topological polar surface area (TPSA) is 109 Å². The first-order valence-corrected chi connectivity index (χ1v) is 13.7. The molecule has 0 bridgehead atoms. The lowest BCUT2D eigenvalue weighted by Gasteiger charge is -2.35. The summed E-state index contributed by atoms with van der Waals surface area (Å²) in [6, 6.07) is 22.6. The molecule has 7 nitrogen and oxygen atoms in total. The lowest BCUT2D eigenvalue weighted by Crippen LogP contribution is -2.32. The van der Waals surface area contributed by atoms with Gasteiger partial charge < -0.3 is 14.6 Å². The number of ketones is 1. The molecule has 3 unspecified atom stereocenters. The second-order valence-electron chi connectivity index (χ2n) is 9.97. The normalized spacial score (nSPS) is 20.3. The molecule has 40 heavy (non-hydrogen) atoms. The predicted molar refractivity (Wildman–Crippen MR) is 154 cm³/mol. The lowest BCUT2D eigenvalue weighted by molar-refractivity contribution is -0.116. The van der Waals surface area contributed by atoms with Crippen LogP contribution in [0.3, 0.4) is 0 Å². The molecule has 1 aliphatic carbocycles. The van der Waals surface area contributed by atoms with Crippen molar-refractivity contribution in [2.45, 2.75) is 38.2 Å². The zero-order valence-corrected chi connectivity index (χ0v) is 23.6. The molecular formula is C32H27BrN2O5. The van der Waals surface area contributed by atoms with Gasteiger partial charge >= 0.3 is 5.97 Å².